The summed E-state index contributed by atoms with van der Waals surface area (Å²) in [6.07, 6.45) is 4.97. The summed E-state index contributed by atoms with van der Waals surface area (Å²) < 4.78 is 0. The average molecular weight is 255 g/mol. The number of rotatable bonds is 3. The van der Waals surface area contributed by atoms with Crippen LogP contribution in [0.3, 0.4) is 0 Å². The van der Waals surface area contributed by atoms with Gasteiger partial charge in [-0.1, -0.05) is 19.1 Å². The van der Waals surface area contributed by atoms with Gasteiger partial charge >= 0.3 is 0 Å². The van der Waals surface area contributed by atoms with Gasteiger partial charge in [-0.25, -0.2) is 0 Å². The van der Waals surface area contributed by atoms with E-state index < -0.39 is 0 Å². The normalized spacial score (nSPS) is 29.3. The molecule has 3 rings (SSSR count). The monoisotopic (exact) mass is 255 g/mol. The number of piperidine rings is 1. The number of anilines is 1. The molecule has 0 aromatic heterocycles. The average Bonchev–Trinajstić information content (AvgIpc) is 2.70. The molecule has 100 valence electrons. The molecular weight excluding hydrogens is 234 g/mol. The zero-order valence-corrected chi connectivity index (χ0v) is 11.5. The van der Waals surface area contributed by atoms with Gasteiger partial charge in [0, 0.05) is 18.1 Å². The van der Waals surface area contributed by atoms with E-state index in [4.69, 9.17) is 0 Å². The molecule has 2 aliphatic rings. The number of nitrogens with one attached hydrogen (secondary N) is 1. The Morgan fingerprint density at radius 3 is 2.58 bits per heavy atom. The Morgan fingerprint density at radius 1 is 1.26 bits per heavy atom. The third-order valence-corrected chi connectivity index (χ3v) is 4.53. The van der Waals surface area contributed by atoms with Gasteiger partial charge in [-0.3, -0.25) is 0 Å². The van der Waals surface area contributed by atoms with E-state index in [1.165, 1.54) is 25.7 Å². The number of hydrogen-bond donors (Lipinski definition) is 1. The first-order valence-electron chi connectivity index (χ1n) is 7.34. The first-order valence-corrected chi connectivity index (χ1v) is 7.34. The smallest absolute Gasteiger partial charge is 0.101 e. The lowest BCUT2D eigenvalue weighted by Gasteiger charge is -2.41. The van der Waals surface area contributed by atoms with Crippen LogP contribution in [0, 0.1) is 11.3 Å². The van der Waals surface area contributed by atoms with Crippen molar-refractivity contribution in [1.29, 1.82) is 5.26 Å². The summed E-state index contributed by atoms with van der Waals surface area (Å²) in [5, 5.41) is 12.9. The predicted molar refractivity (Wildman–Crippen MR) is 77.1 cm³/mol. The summed E-state index contributed by atoms with van der Waals surface area (Å²) in [5.41, 5.74) is 1.97. The van der Waals surface area contributed by atoms with Gasteiger partial charge in [-0.05, 0) is 44.4 Å². The molecule has 2 atom stereocenters. The van der Waals surface area contributed by atoms with Gasteiger partial charge in [0.15, 0.2) is 0 Å². The number of benzene rings is 1. The Bertz CT molecular complexity index is 477. The van der Waals surface area contributed by atoms with Crippen LogP contribution in [-0.4, -0.2) is 24.7 Å². The Balaban J connectivity index is 1.86. The van der Waals surface area contributed by atoms with Crippen LogP contribution in [0.4, 0.5) is 5.69 Å². The molecule has 0 amide bonds. The fourth-order valence-corrected chi connectivity index (χ4v) is 3.82. The molecular formula is C16H21N3. The van der Waals surface area contributed by atoms with Crippen molar-refractivity contribution < 1.29 is 0 Å². The minimum absolute atomic E-state index is 0.609. The SMILES string of the molecule is CCNC1CC2CCC(C1)N2c1ccccc1C#N. The van der Waals surface area contributed by atoms with Crippen LogP contribution in [0.2, 0.25) is 0 Å². The number of nitrogens with zero attached hydrogens (tertiary/aromatic N) is 2. The largest absolute Gasteiger partial charge is 0.364 e. The topological polar surface area (TPSA) is 39.1 Å². The van der Waals surface area contributed by atoms with Gasteiger partial charge < -0.3 is 10.2 Å². The minimum Gasteiger partial charge on any atom is -0.364 e. The van der Waals surface area contributed by atoms with Crippen LogP contribution in [0.5, 0.6) is 0 Å². The lowest BCUT2D eigenvalue weighted by molar-refractivity contribution is 0.361. The van der Waals surface area contributed by atoms with Crippen LogP contribution >= 0.6 is 0 Å². The second kappa shape index (κ2) is 5.22. The molecule has 3 nitrogen and oxygen atoms in total. The van der Waals surface area contributed by atoms with Crippen LogP contribution in [0.15, 0.2) is 24.3 Å². The highest BCUT2D eigenvalue weighted by molar-refractivity contribution is 5.61. The third kappa shape index (κ3) is 2.21. The number of para-hydroxylation sites is 1. The molecule has 0 aliphatic carbocycles. The van der Waals surface area contributed by atoms with Crippen LogP contribution < -0.4 is 10.2 Å². The highest BCUT2D eigenvalue weighted by atomic mass is 15.2. The maximum atomic E-state index is 9.29. The van der Waals surface area contributed by atoms with E-state index in [1.807, 2.05) is 18.2 Å². The predicted octanol–water partition coefficient (Wildman–Crippen LogP) is 2.67. The van der Waals surface area contributed by atoms with Crippen LogP contribution in [-0.2, 0) is 0 Å². The van der Waals surface area contributed by atoms with Gasteiger partial charge in [0.05, 0.1) is 11.3 Å². The summed E-state index contributed by atoms with van der Waals surface area (Å²) in [6, 6.07) is 12.3. The summed E-state index contributed by atoms with van der Waals surface area (Å²) in [6.45, 7) is 3.23. The van der Waals surface area contributed by atoms with Crippen molar-refractivity contribution >= 4 is 5.69 Å². The zero-order valence-electron chi connectivity index (χ0n) is 11.5. The Hall–Kier alpha value is -1.53. The van der Waals surface area contributed by atoms with E-state index in [9.17, 15) is 5.26 Å². The maximum Gasteiger partial charge on any atom is 0.101 e. The summed E-state index contributed by atoms with van der Waals surface area (Å²) in [5.74, 6) is 0. The highest BCUT2D eigenvalue weighted by Crippen LogP contribution is 2.40. The van der Waals surface area contributed by atoms with Crippen LogP contribution in [0.1, 0.15) is 38.2 Å². The Morgan fingerprint density at radius 2 is 1.95 bits per heavy atom. The van der Waals surface area contributed by atoms with E-state index in [2.05, 4.69) is 29.3 Å². The third-order valence-electron chi connectivity index (χ3n) is 4.53. The molecule has 1 N–H and O–H groups in total. The molecule has 1 aromatic carbocycles. The lowest BCUT2D eigenvalue weighted by Crippen LogP contribution is -2.49. The van der Waals surface area contributed by atoms with Gasteiger partial charge in [-0.15, -0.1) is 0 Å². The molecule has 2 heterocycles. The number of nitriles is 1. The standard InChI is InChI=1S/C16H21N3/c1-2-18-13-9-14-7-8-15(10-13)19(14)16-6-4-3-5-12(16)11-17/h3-6,13-15,18H,2,7-10H2,1H3. The summed E-state index contributed by atoms with van der Waals surface area (Å²) in [7, 11) is 0. The van der Waals surface area contributed by atoms with Gasteiger partial charge in [0.2, 0.25) is 0 Å². The van der Waals surface area contributed by atoms with Crippen molar-refractivity contribution in [2.45, 2.75) is 50.7 Å². The van der Waals surface area contributed by atoms with Crippen molar-refractivity contribution in [3.8, 4) is 6.07 Å². The van der Waals surface area contributed by atoms with E-state index in [0.717, 1.165) is 17.8 Å². The molecule has 2 unspecified atom stereocenters. The zero-order chi connectivity index (χ0) is 13.2. The van der Waals surface area contributed by atoms with Crippen LogP contribution in [0.25, 0.3) is 0 Å². The van der Waals surface area contributed by atoms with E-state index in [0.29, 0.717) is 18.1 Å². The highest BCUT2D eigenvalue weighted by Gasteiger charge is 2.41. The van der Waals surface area contributed by atoms with E-state index in [1.54, 1.807) is 0 Å². The molecule has 2 fully saturated rings. The molecule has 3 heteroatoms. The fourth-order valence-electron chi connectivity index (χ4n) is 3.82. The summed E-state index contributed by atoms with van der Waals surface area (Å²) >= 11 is 0. The fraction of sp³-hybridized carbons (Fsp3) is 0.562. The molecule has 0 spiro atoms. The van der Waals surface area contributed by atoms with Crippen molar-refractivity contribution in [3.63, 3.8) is 0 Å². The minimum atomic E-state index is 0.609. The van der Waals surface area contributed by atoms with Crippen molar-refractivity contribution in [3.05, 3.63) is 29.8 Å². The van der Waals surface area contributed by atoms with Gasteiger partial charge in [0.25, 0.3) is 0 Å². The molecule has 0 radical (unpaired) electrons. The number of fused-ring (bicyclic) bond motifs is 2. The Kier molecular flexibility index (Phi) is 3.44. The lowest BCUT2D eigenvalue weighted by atomic mass is 9.95. The number of hydrogen-bond acceptors (Lipinski definition) is 3. The molecule has 2 saturated heterocycles. The molecule has 2 bridgehead atoms. The molecule has 0 saturated carbocycles. The first-order chi connectivity index (χ1) is 9.33. The first kappa shape index (κ1) is 12.5. The second-order valence-electron chi connectivity index (χ2n) is 5.65. The molecule has 19 heavy (non-hydrogen) atoms. The molecule has 1 aromatic rings. The van der Waals surface area contributed by atoms with E-state index >= 15 is 0 Å². The van der Waals surface area contributed by atoms with Gasteiger partial charge in [-0.2, -0.15) is 5.26 Å². The molecule has 2 aliphatic heterocycles. The Labute approximate surface area is 115 Å². The maximum absolute atomic E-state index is 9.29. The van der Waals surface area contributed by atoms with Crippen molar-refractivity contribution in [1.82, 2.24) is 5.32 Å². The second-order valence-corrected chi connectivity index (χ2v) is 5.65. The van der Waals surface area contributed by atoms with Crippen molar-refractivity contribution in [2.24, 2.45) is 0 Å². The van der Waals surface area contributed by atoms with Crippen molar-refractivity contribution in [2.75, 3.05) is 11.4 Å². The quantitative estimate of drug-likeness (QED) is 0.902. The summed E-state index contributed by atoms with van der Waals surface area (Å²) in [4.78, 5) is 2.52. The van der Waals surface area contributed by atoms with E-state index in [-0.39, 0.29) is 0 Å². The van der Waals surface area contributed by atoms with Gasteiger partial charge in [0.1, 0.15) is 6.07 Å².